The Hall–Kier alpha value is -0.240. The zero-order valence-corrected chi connectivity index (χ0v) is 9.41. The topological polar surface area (TPSA) is 102 Å². The van der Waals surface area contributed by atoms with E-state index in [1.54, 1.807) is 0 Å². The van der Waals surface area contributed by atoms with Gasteiger partial charge in [-0.1, -0.05) is 13.3 Å². The van der Waals surface area contributed by atoms with Crippen molar-refractivity contribution in [3.8, 4) is 0 Å². The van der Waals surface area contributed by atoms with Gasteiger partial charge in [-0.2, -0.15) is 0 Å². The molecule has 1 heterocycles. The Balaban J connectivity index is 2.55. The number of aliphatic hydroxyl groups excluding tert-OH is 4. The Bertz CT molecular complexity index is 204. The molecule has 16 heavy (non-hydrogen) atoms. The van der Waals surface area contributed by atoms with Crippen LogP contribution >= 0.6 is 0 Å². The van der Waals surface area contributed by atoms with E-state index in [0.29, 0.717) is 6.54 Å². The number of unbranched alkanes of at least 4 members (excludes halogenated alkanes) is 1. The monoisotopic (exact) mass is 235 g/mol. The molecule has 0 bridgehead atoms. The molecule has 1 fully saturated rings. The lowest BCUT2D eigenvalue weighted by Crippen LogP contribution is -2.63. The second-order valence-electron chi connectivity index (χ2n) is 4.06. The summed E-state index contributed by atoms with van der Waals surface area (Å²) in [5.41, 5.74) is 0. The summed E-state index contributed by atoms with van der Waals surface area (Å²) in [7, 11) is 0. The Morgan fingerprint density at radius 1 is 1.19 bits per heavy atom. The fraction of sp³-hybridized carbons (Fsp3) is 1.00. The molecule has 6 heteroatoms. The smallest absolute Gasteiger partial charge is 0.183 e. The molecule has 0 amide bonds. The maximum Gasteiger partial charge on any atom is 0.183 e. The molecule has 1 saturated heterocycles. The van der Waals surface area contributed by atoms with E-state index in [2.05, 4.69) is 5.32 Å². The molecule has 0 spiro atoms. The van der Waals surface area contributed by atoms with Gasteiger partial charge >= 0.3 is 0 Å². The van der Waals surface area contributed by atoms with Crippen molar-refractivity contribution in [3.05, 3.63) is 0 Å². The summed E-state index contributed by atoms with van der Waals surface area (Å²) < 4.78 is 4.86. The molecule has 1 aliphatic rings. The van der Waals surface area contributed by atoms with E-state index >= 15 is 0 Å². The normalized spacial score (nSPS) is 39.9. The number of rotatable bonds is 5. The Labute approximate surface area is 94.9 Å². The van der Waals surface area contributed by atoms with Gasteiger partial charge in [-0.05, 0) is 13.0 Å². The minimum Gasteiger partial charge on any atom is -0.394 e. The molecular weight excluding hydrogens is 214 g/mol. The third kappa shape index (κ3) is 3.13. The molecule has 0 radical (unpaired) electrons. The lowest BCUT2D eigenvalue weighted by Gasteiger charge is -2.40. The summed E-state index contributed by atoms with van der Waals surface area (Å²) >= 11 is 0. The third-order valence-electron chi connectivity index (χ3n) is 2.81. The van der Waals surface area contributed by atoms with Crippen LogP contribution in [0.1, 0.15) is 19.8 Å². The van der Waals surface area contributed by atoms with Gasteiger partial charge in [-0.3, -0.25) is 0 Å². The van der Waals surface area contributed by atoms with E-state index in [0.717, 1.165) is 12.8 Å². The molecule has 96 valence electrons. The third-order valence-corrected chi connectivity index (χ3v) is 2.81. The lowest BCUT2D eigenvalue weighted by atomic mass is 9.96. The summed E-state index contributed by atoms with van der Waals surface area (Å²) in [6.07, 6.45) is -2.54. The van der Waals surface area contributed by atoms with Crippen LogP contribution in [0.2, 0.25) is 0 Å². The summed E-state index contributed by atoms with van der Waals surface area (Å²) in [5, 5.41) is 40.7. The molecule has 0 unspecified atom stereocenters. The van der Waals surface area contributed by atoms with E-state index in [1.807, 2.05) is 6.92 Å². The average molecular weight is 235 g/mol. The highest BCUT2D eigenvalue weighted by Gasteiger charge is 2.43. The first kappa shape index (κ1) is 13.8. The van der Waals surface area contributed by atoms with Crippen molar-refractivity contribution in [2.75, 3.05) is 13.2 Å². The number of ether oxygens (including phenoxy) is 1. The Morgan fingerprint density at radius 3 is 2.44 bits per heavy atom. The van der Waals surface area contributed by atoms with Crippen LogP contribution in [-0.4, -0.2) is 64.2 Å². The van der Waals surface area contributed by atoms with Gasteiger partial charge in [-0.15, -0.1) is 0 Å². The molecular formula is C10H21NO5. The van der Waals surface area contributed by atoms with Crippen LogP contribution in [0, 0.1) is 0 Å². The zero-order chi connectivity index (χ0) is 12.1. The minimum absolute atomic E-state index is 0.392. The molecule has 0 aliphatic carbocycles. The van der Waals surface area contributed by atoms with Crippen LogP contribution in [0.5, 0.6) is 0 Å². The second kappa shape index (κ2) is 6.48. The number of nitrogens with one attached hydrogen (secondary N) is 1. The first-order chi connectivity index (χ1) is 7.61. The highest BCUT2D eigenvalue weighted by atomic mass is 16.6. The van der Waals surface area contributed by atoms with Crippen molar-refractivity contribution in [2.45, 2.75) is 50.4 Å². The van der Waals surface area contributed by atoms with Gasteiger partial charge in [0, 0.05) is 0 Å². The quantitative estimate of drug-likeness (QED) is 0.359. The van der Waals surface area contributed by atoms with Gasteiger partial charge in [-0.25, -0.2) is 0 Å². The van der Waals surface area contributed by atoms with Gasteiger partial charge in [0.25, 0.3) is 0 Å². The maximum absolute atomic E-state index is 9.80. The van der Waals surface area contributed by atoms with Crippen LogP contribution in [0.15, 0.2) is 0 Å². The summed E-state index contributed by atoms with van der Waals surface area (Å²) in [6.45, 7) is 2.28. The molecule has 1 aliphatic heterocycles. The number of aliphatic hydroxyl groups is 4. The molecule has 1 rings (SSSR count). The van der Waals surface area contributed by atoms with Gasteiger partial charge in [0.2, 0.25) is 0 Å². The van der Waals surface area contributed by atoms with Gasteiger partial charge in [0.05, 0.1) is 12.6 Å². The standard InChI is InChI=1S/C10H21NO5/c1-2-3-4-11-7-8(13)6(5-12)16-10(15)9(7)14/h6-15H,2-5H2,1H3/t6-,7+,8-,9-,10+/m1/s1. The van der Waals surface area contributed by atoms with E-state index < -0.39 is 37.3 Å². The Morgan fingerprint density at radius 2 is 1.88 bits per heavy atom. The average Bonchev–Trinajstić information content (AvgIpc) is 2.28. The molecule has 0 saturated carbocycles. The second-order valence-corrected chi connectivity index (χ2v) is 4.06. The molecule has 0 aromatic heterocycles. The first-order valence-electron chi connectivity index (χ1n) is 5.65. The number of hydrogen-bond donors (Lipinski definition) is 5. The first-order valence-corrected chi connectivity index (χ1v) is 5.65. The van der Waals surface area contributed by atoms with Crippen molar-refractivity contribution in [3.63, 3.8) is 0 Å². The predicted octanol–water partition coefficient (Wildman–Crippen LogP) is -1.82. The van der Waals surface area contributed by atoms with Crippen molar-refractivity contribution in [2.24, 2.45) is 0 Å². The fourth-order valence-corrected chi connectivity index (χ4v) is 1.79. The van der Waals surface area contributed by atoms with Crippen molar-refractivity contribution in [1.82, 2.24) is 5.32 Å². The van der Waals surface area contributed by atoms with E-state index in [4.69, 9.17) is 9.84 Å². The van der Waals surface area contributed by atoms with Crippen LogP contribution in [0.4, 0.5) is 0 Å². The SMILES string of the molecule is CCCCN[C@@H]1[C@@H](O)[C@@H](O)O[C@H](CO)[C@H]1O. The highest BCUT2D eigenvalue weighted by Crippen LogP contribution is 2.19. The summed E-state index contributed by atoms with van der Waals surface area (Å²) in [5.74, 6) is 0. The Kier molecular flexibility index (Phi) is 5.60. The summed E-state index contributed by atoms with van der Waals surface area (Å²) in [6, 6.07) is -0.674. The largest absolute Gasteiger partial charge is 0.394 e. The van der Waals surface area contributed by atoms with E-state index in [1.165, 1.54) is 0 Å². The zero-order valence-electron chi connectivity index (χ0n) is 9.41. The van der Waals surface area contributed by atoms with E-state index in [9.17, 15) is 15.3 Å². The van der Waals surface area contributed by atoms with Crippen LogP contribution < -0.4 is 5.32 Å². The van der Waals surface area contributed by atoms with Crippen LogP contribution in [0.3, 0.4) is 0 Å². The molecule has 5 N–H and O–H groups in total. The molecule has 0 aromatic rings. The number of hydrogen-bond acceptors (Lipinski definition) is 6. The molecule has 5 atom stereocenters. The van der Waals surface area contributed by atoms with Crippen LogP contribution in [-0.2, 0) is 4.74 Å². The highest BCUT2D eigenvalue weighted by molar-refractivity contribution is 4.93. The van der Waals surface area contributed by atoms with Crippen molar-refractivity contribution in [1.29, 1.82) is 0 Å². The molecule has 6 nitrogen and oxygen atoms in total. The van der Waals surface area contributed by atoms with Crippen LogP contribution in [0.25, 0.3) is 0 Å². The lowest BCUT2D eigenvalue weighted by molar-refractivity contribution is -0.262. The fourth-order valence-electron chi connectivity index (χ4n) is 1.79. The molecule has 0 aromatic carbocycles. The predicted molar refractivity (Wildman–Crippen MR) is 56.7 cm³/mol. The van der Waals surface area contributed by atoms with Gasteiger partial charge < -0.3 is 30.5 Å². The van der Waals surface area contributed by atoms with Gasteiger partial charge in [0.15, 0.2) is 6.29 Å². The maximum atomic E-state index is 9.80. The summed E-state index contributed by atoms with van der Waals surface area (Å²) in [4.78, 5) is 0. The van der Waals surface area contributed by atoms with E-state index in [-0.39, 0.29) is 0 Å². The van der Waals surface area contributed by atoms with Crippen molar-refractivity contribution < 1.29 is 25.2 Å². The van der Waals surface area contributed by atoms with Crippen molar-refractivity contribution >= 4 is 0 Å². The van der Waals surface area contributed by atoms with Gasteiger partial charge in [0.1, 0.15) is 18.3 Å². The minimum atomic E-state index is -1.38.